The fraction of sp³-hybridized carbons (Fsp3) is 0.500. The maximum atomic E-state index is 12.3. The molecule has 0 heterocycles. The Kier molecular flexibility index (Phi) is 6.73. The van der Waals surface area contributed by atoms with Gasteiger partial charge in [-0.3, -0.25) is 0 Å². The van der Waals surface area contributed by atoms with E-state index in [4.69, 9.17) is 18.0 Å². The van der Waals surface area contributed by atoms with Gasteiger partial charge in [0.1, 0.15) is 4.99 Å². The van der Waals surface area contributed by atoms with Crippen molar-refractivity contribution in [2.45, 2.75) is 31.7 Å². The molecule has 1 rings (SSSR count). The van der Waals surface area contributed by atoms with Crippen LogP contribution in [0.15, 0.2) is 29.2 Å². The third-order valence-corrected chi connectivity index (χ3v) is 5.07. The number of nitrogens with one attached hydrogen (secondary N) is 1. The van der Waals surface area contributed by atoms with E-state index in [1.165, 1.54) is 12.1 Å². The molecule has 118 valence electrons. The van der Waals surface area contributed by atoms with Crippen LogP contribution in [0.1, 0.15) is 26.3 Å². The molecule has 5 nitrogen and oxygen atoms in total. The van der Waals surface area contributed by atoms with Crippen LogP contribution >= 0.6 is 12.2 Å². The van der Waals surface area contributed by atoms with E-state index in [-0.39, 0.29) is 15.9 Å². The summed E-state index contributed by atoms with van der Waals surface area (Å²) in [4.78, 5) is 2.64. The van der Waals surface area contributed by atoms with Gasteiger partial charge in [-0.15, -0.1) is 0 Å². The van der Waals surface area contributed by atoms with Crippen molar-refractivity contribution in [1.82, 2.24) is 9.62 Å². The van der Waals surface area contributed by atoms with Crippen molar-refractivity contribution >= 4 is 27.2 Å². The maximum Gasteiger partial charge on any atom is 0.240 e. The predicted octanol–water partition coefficient (Wildman–Crippen LogP) is 1.33. The molecule has 1 unspecified atom stereocenters. The number of benzene rings is 1. The average molecular weight is 329 g/mol. The van der Waals surface area contributed by atoms with Gasteiger partial charge >= 0.3 is 0 Å². The van der Waals surface area contributed by atoms with Gasteiger partial charge in [0.05, 0.1) is 4.90 Å². The van der Waals surface area contributed by atoms with Crippen LogP contribution in [0, 0.1) is 0 Å². The predicted molar refractivity (Wildman–Crippen MR) is 89.9 cm³/mol. The summed E-state index contributed by atoms with van der Waals surface area (Å²) in [6.07, 6.45) is 0. The fourth-order valence-electron chi connectivity index (χ4n) is 2.04. The van der Waals surface area contributed by atoms with Crippen molar-refractivity contribution in [2.75, 3.05) is 19.6 Å². The van der Waals surface area contributed by atoms with Gasteiger partial charge in [0.2, 0.25) is 10.0 Å². The Balaban J connectivity index is 2.79. The summed E-state index contributed by atoms with van der Waals surface area (Å²) < 4.78 is 27.3. The van der Waals surface area contributed by atoms with Crippen molar-refractivity contribution in [1.29, 1.82) is 0 Å². The molecule has 0 aromatic heterocycles. The molecule has 0 saturated heterocycles. The molecular formula is C14H23N3O2S2. The minimum Gasteiger partial charge on any atom is -0.389 e. The van der Waals surface area contributed by atoms with Crippen LogP contribution in [-0.4, -0.2) is 44.0 Å². The minimum atomic E-state index is -3.52. The lowest BCUT2D eigenvalue weighted by Crippen LogP contribution is -2.41. The van der Waals surface area contributed by atoms with E-state index in [0.717, 1.165) is 13.1 Å². The minimum absolute atomic E-state index is 0.162. The molecule has 1 atom stereocenters. The summed E-state index contributed by atoms with van der Waals surface area (Å²) in [7, 11) is -3.52. The van der Waals surface area contributed by atoms with Gasteiger partial charge in [0, 0.05) is 18.2 Å². The Morgan fingerprint density at radius 2 is 1.81 bits per heavy atom. The lowest BCUT2D eigenvalue weighted by molar-refractivity contribution is 0.282. The molecule has 0 aliphatic carbocycles. The van der Waals surface area contributed by atoms with Crippen LogP contribution in [0.3, 0.4) is 0 Å². The van der Waals surface area contributed by atoms with Gasteiger partial charge in [0.25, 0.3) is 0 Å². The van der Waals surface area contributed by atoms with E-state index in [1.807, 2.05) is 6.92 Å². The number of likely N-dealkylation sites (N-methyl/N-ethyl adjacent to an activating group) is 1. The topological polar surface area (TPSA) is 75.4 Å². The molecule has 1 aromatic rings. The second-order valence-corrected chi connectivity index (χ2v) is 7.05. The molecule has 0 bridgehead atoms. The van der Waals surface area contributed by atoms with Crippen LogP contribution in [0.5, 0.6) is 0 Å². The Labute approximate surface area is 132 Å². The lowest BCUT2D eigenvalue weighted by atomic mass is 10.2. The summed E-state index contributed by atoms with van der Waals surface area (Å²) in [6.45, 7) is 8.44. The third kappa shape index (κ3) is 5.35. The first kappa shape index (κ1) is 18.0. The highest BCUT2D eigenvalue weighted by Gasteiger charge is 2.18. The summed E-state index contributed by atoms with van der Waals surface area (Å²) in [6, 6.07) is 6.10. The Morgan fingerprint density at radius 1 is 1.29 bits per heavy atom. The average Bonchev–Trinajstić information content (AvgIpc) is 2.44. The number of thiocarbonyl (C=S) groups is 1. The molecule has 1 aromatic carbocycles. The molecule has 0 saturated carbocycles. The third-order valence-electron chi connectivity index (χ3n) is 3.23. The van der Waals surface area contributed by atoms with E-state index in [9.17, 15) is 8.42 Å². The molecule has 0 aliphatic rings. The highest BCUT2D eigenvalue weighted by atomic mass is 32.2. The van der Waals surface area contributed by atoms with Gasteiger partial charge in [-0.25, -0.2) is 13.1 Å². The molecule has 7 heteroatoms. The summed E-state index contributed by atoms with van der Waals surface area (Å²) in [5, 5.41) is 0. The molecule has 0 amide bonds. The van der Waals surface area contributed by atoms with Crippen molar-refractivity contribution in [3.05, 3.63) is 29.8 Å². The Hall–Kier alpha value is -1.02. The second kappa shape index (κ2) is 7.84. The fourth-order valence-corrected chi connectivity index (χ4v) is 3.41. The molecular weight excluding hydrogens is 306 g/mol. The van der Waals surface area contributed by atoms with Crippen LogP contribution in [0.2, 0.25) is 0 Å². The van der Waals surface area contributed by atoms with Gasteiger partial charge < -0.3 is 10.6 Å². The van der Waals surface area contributed by atoms with E-state index in [1.54, 1.807) is 12.1 Å². The summed E-state index contributed by atoms with van der Waals surface area (Å²) >= 11 is 4.85. The zero-order chi connectivity index (χ0) is 16.0. The highest BCUT2D eigenvalue weighted by molar-refractivity contribution is 7.89. The largest absolute Gasteiger partial charge is 0.389 e. The molecule has 0 spiro atoms. The molecule has 3 N–H and O–H groups in total. The van der Waals surface area contributed by atoms with E-state index in [0.29, 0.717) is 12.1 Å². The van der Waals surface area contributed by atoms with E-state index >= 15 is 0 Å². The normalized spacial score (nSPS) is 13.3. The van der Waals surface area contributed by atoms with Crippen molar-refractivity contribution < 1.29 is 8.42 Å². The second-order valence-electron chi connectivity index (χ2n) is 4.90. The maximum absolute atomic E-state index is 12.3. The van der Waals surface area contributed by atoms with E-state index in [2.05, 4.69) is 23.5 Å². The highest BCUT2D eigenvalue weighted by Crippen LogP contribution is 2.11. The smallest absolute Gasteiger partial charge is 0.240 e. The Morgan fingerprint density at radius 3 is 2.24 bits per heavy atom. The van der Waals surface area contributed by atoms with Crippen molar-refractivity contribution in [2.24, 2.45) is 5.73 Å². The van der Waals surface area contributed by atoms with E-state index < -0.39 is 10.0 Å². The number of hydrogen-bond acceptors (Lipinski definition) is 4. The standard InChI is InChI=1S/C14H23N3O2S2/c1-4-17(5-2)10-11(3)16-21(18,19)13-8-6-12(7-9-13)14(15)20/h6-9,11,16H,4-5,10H2,1-3H3,(H2,15,20). The Bertz CT molecular complexity index is 566. The van der Waals surface area contributed by atoms with Crippen LogP contribution < -0.4 is 10.5 Å². The summed E-state index contributed by atoms with van der Waals surface area (Å²) in [5.41, 5.74) is 6.15. The first-order chi connectivity index (χ1) is 9.80. The van der Waals surface area contributed by atoms with Crippen LogP contribution in [0.25, 0.3) is 0 Å². The summed E-state index contributed by atoms with van der Waals surface area (Å²) in [5.74, 6) is 0. The zero-order valence-electron chi connectivity index (χ0n) is 12.7. The molecule has 0 aliphatic heterocycles. The molecule has 0 radical (unpaired) electrons. The quantitative estimate of drug-likeness (QED) is 0.704. The van der Waals surface area contributed by atoms with Crippen molar-refractivity contribution in [3.63, 3.8) is 0 Å². The number of nitrogens with two attached hydrogens (primary N) is 1. The number of nitrogens with zero attached hydrogens (tertiary/aromatic N) is 1. The first-order valence-electron chi connectivity index (χ1n) is 6.94. The van der Waals surface area contributed by atoms with Crippen LogP contribution in [0.4, 0.5) is 0 Å². The van der Waals surface area contributed by atoms with Gasteiger partial charge in [-0.1, -0.05) is 38.2 Å². The first-order valence-corrected chi connectivity index (χ1v) is 8.83. The number of hydrogen-bond donors (Lipinski definition) is 2. The van der Waals surface area contributed by atoms with Gasteiger partial charge in [-0.2, -0.15) is 0 Å². The number of sulfonamides is 1. The van der Waals surface area contributed by atoms with Gasteiger partial charge in [-0.05, 0) is 32.1 Å². The monoisotopic (exact) mass is 329 g/mol. The SMILES string of the molecule is CCN(CC)CC(C)NS(=O)(=O)c1ccc(C(N)=S)cc1. The molecule has 0 fully saturated rings. The van der Waals surface area contributed by atoms with Gasteiger partial charge in [0.15, 0.2) is 0 Å². The number of rotatable bonds is 8. The molecule has 21 heavy (non-hydrogen) atoms. The lowest BCUT2D eigenvalue weighted by Gasteiger charge is -2.23. The van der Waals surface area contributed by atoms with Crippen molar-refractivity contribution in [3.8, 4) is 0 Å². The zero-order valence-corrected chi connectivity index (χ0v) is 14.3. The van der Waals surface area contributed by atoms with Crippen LogP contribution in [-0.2, 0) is 10.0 Å².